The molecule has 1 N–H and O–H groups in total. The Morgan fingerprint density at radius 2 is 1.60 bits per heavy atom. The van der Waals surface area contributed by atoms with Gasteiger partial charge in [0, 0.05) is 24.5 Å². The molecule has 0 aliphatic rings. The largest absolute Gasteiger partial charge is 0.354 e. The number of carbonyl (C=O) groups is 2. The lowest BCUT2D eigenvalue weighted by Gasteiger charge is -2.34. The zero-order valence-corrected chi connectivity index (χ0v) is 25.3. The fourth-order valence-electron chi connectivity index (χ4n) is 4.39. The van der Waals surface area contributed by atoms with Crippen LogP contribution in [-0.2, 0) is 32.6 Å². The van der Waals surface area contributed by atoms with E-state index in [1.54, 1.807) is 31.2 Å². The van der Waals surface area contributed by atoms with Gasteiger partial charge < -0.3 is 10.2 Å². The van der Waals surface area contributed by atoms with Gasteiger partial charge in [-0.1, -0.05) is 80.0 Å². The summed E-state index contributed by atoms with van der Waals surface area (Å²) in [5.41, 5.74) is 3.63. The van der Waals surface area contributed by atoms with Gasteiger partial charge in [0.15, 0.2) is 0 Å². The lowest BCUT2D eigenvalue weighted by atomic mass is 10.0. The molecule has 0 bridgehead atoms. The third kappa shape index (κ3) is 8.83. The van der Waals surface area contributed by atoms with Crippen LogP contribution in [0.2, 0.25) is 5.02 Å². The third-order valence-corrected chi connectivity index (χ3v) is 7.87. The molecule has 0 aliphatic heterocycles. The van der Waals surface area contributed by atoms with Crippen molar-refractivity contribution >= 4 is 39.1 Å². The first-order valence-corrected chi connectivity index (χ1v) is 15.5. The van der Waals surface area contributed by atoms with Crippen molar-refractivity contribution in [1.82, 2.24) is 10.2 Å². The van der Waals surface area contributed by atoms with Gasteiger partial charge in [0.25, 0.3) is 0 Å². The van der Waals surface area contributed by atoms with Crippen LogP contribution in [-0.4, -0.2) is 50.5 Å². The molecule has 0 radical (unpaired) electrons. The fourth-order valence-corrected chi connectivity index (χ4v) is 5.50. The number of anilines is 1. The molecule has 0 heterocycles. The second-order valence-corrected chi connectivity index (χ2v) is 12.9. The molecular weight excluding hydrogens is 546 g/mol. The normalized spacial score (nSPS) is 12.2. The zero-order chi connectivity index (χ0) is 29.4. The Morgan fingerprint density at radius 3 is 2.23 bits per heavy atom. The van der Waals surface area contributed by atoms with Gasteiger partial charge in [-0.05, 0) is 60.2 Å². The lowest BCUT2D eigenvalue weighted by molar-refractivity contribution is -0.140. The van der Waals surface area contributed by atoms with Gasteiger partial charge in [0.05, 0.1) is 11.9 Å². The monoisotopic (exact) mass is 583 g/mol. The number of hydrogen-bond acceptors (Lipinski definition) is 4. The summed E-state index contributed by atoms with van der Waals surface area (Å²) in [7, 11) is -3.83. The number of nitrogens with zero attached hydrogens (tertiary/aromatic N) is 2. The van der Waals surface area contributed by atoms with Crippen molar-refractivity contribution in [3.05, 3.63) is 100 Å². The number of rotatable bonds is 12. The minimum absolute atomic E-state index is 0.0798. The summed E-state index contributed by atoms with van der Waals surface area (Å²) in [6, 6.07) is 21.1. The number of amides is 2. The summed E-state index contributed by atoms with van der Waals surface area (Å²) in [5.74, 6) is -0.582. The minimum Gasteiger partial charge on any atom is -0.354 e. The smallest absolute Gasteiger partial charge is 0.244 e. The maximum Gasteiger partial charge on any atom is 0.244 e. The Kier molecular flexibility index (Phi) is 10.8. The molecule has 3 aromatic rings. The van der Waals surface area contributed by atoms with Gasteiger partial charge in [-0.3, -0.25) is 13.9 Å². The Balaban J connectivity index is 2.07. The molecule has 40 heavy (non-hydrogen) atoms. The van der Waals surface area contributed by atoms with Gasteiger partial charge >= 0.3 is 0 Å². The Labute approximate surface area is 243 Å². The van der Waals surface area contributed by atoms with E-state index in [1.807, 2.05) is 69.3 Å². The first kappa shape index (κ1) is 31.2. The first-order chi connectivity index (χ1) is 18.8. The van der Waals surface area contributed by atoms with Crippen LogP contribution in [0.4, 0.5) is 5.69 Å². The van der Waals surface area contributed by atoms with Crippen molar-refractivity contribution in [3.8, 4) is 0 Å². The van der Waals surface area contributed by atoms with Crippen LogP contribution in [0.25, 0.3) is 0 Å². The molecule has 9 heteroatoms. The molecule has 3 rings (SSSR count). The second kappa shape index (κ2) is 13.8. The number of sulfonamides is 1. The highest BCUT2D eigenvalue weighted by atomic mass is 35.5. The van der Waals surface area contributed by atoms with E-state index in [0.717, 1.165) is 32.8 Å². The van der Waals surface area contributed by atoms with E-state index in [1.165, 1.54) is 4.90 Å². The predicted octanol–water partition coefficient (Wildman–Crippen LogP) is 5.14. The Bertz CT molecular complexity index is 1430. The van der Waals surface area contributed by atoms with Crippen LogP contribution in [0.15, 0.2) is 72.8 Å². The molecule has 2 amide bonds. The molecule has 0 aromatic heterocycles. The van der Waals surface area contributed by atoms with Crippen molar-refractivity contribution in [2.45, 2.75) is 46.7 Å². The summed E-state index contributed by atoms with van der Waals surface area (Å²) in [6.07, 6.45) is 1.35. The highest BCUT2D eigenvalue weighted by molar-refractivity contribution is 7.92. The van der Waals surface area contributed by atoms with Gasteiger partial charge in [-0.2, -0.15) is 0 Å². The van der Waals surface area contributed by atoms with Crippen molar-refractivity contribution < 1.29 is 18.0 Å². The standard InChI is InChI=1S/C31H38ClN3O4S/c1-22(2)19-33-31(37)29(18-25-10-7-6-8-11-25)34(20-26-12-9-13-27(32)17-26)30(36)21-35(40(5,38)39)28-16-23(3)14-15-24(28)4/h6-17,22,29H,18-21H2,1-5H3,(H,33,37). The summed E-state index contributed by atoms with van der Waals surface area (Å²) in [5, 5.41) is 3.48. The number of aryl methyl sites for hydroxylation is 2. The summed E-state index contributed by atoms with van der Waals surface area (Å²) in [4.78, 5) is 29.3. The van der Waals surface area contributed by atoms with Gasteiger partial charge in [0.1, 0.15) is 12.6 Å². The van der Waals surface area contributed by atoms with Crippen LogP contribution in [0.3, 0.4) is 0 Å². The highest BCUT2D eigenvalue weighted by Gasteiger charge is 2.33. The van der Waals surface area contributed by atoms with Crippen LogP contribution in [0.1, 0.15) is 36.1 Å². The molecule has 214 valence electrons. The van der Waals surface area contributed by atoms with E-state index >= 15 is 0 Å². The van der Waals surface area contributed by atoms with Crippen molar-refractivity contribution in [2.24, 2.45) is 5.92 Å². The SMILES string of the molecule is Cc1ccc(C)c(N(CC(=O)N(Cc2cccc(Cl)c2)C(Cc2ccccc2)C(=O)NCC(C)C)S(C)(=O)=O)c1. The quantitative estimate of drug-likeness (QED) is 0.320. The number of carbonyl (C=O) groups excluding carboxylic acids is 2. The zero-order valence-electron chi connectivity index (χ0n) is 23.7. The number of nitrogens with one attached hydrogen (secondary N) is 1. The molecule has 0 spiro atoms. The Hall–Kier alpha value is -3.36. The maximum atomic E-state index is 14.1. The van der Waals surface area contributed by atoms with E-state index in [9.17, 15) is 18.0 Å². The number of benzene rings is 3. The summed E-state index contributed by atoms with van der Waals surface area (Å²) >= 11 is 6.25. The molecule has 3 aromatic carbocycles. The van der Waals surface area contributed by atoms with Gasteiger partial charge in [-0.15, -0.1) is 0 Å². The van der Waals surface area contributed by atoms with Crippen molar-refractivity contribution in [2.75, 3.05) is 23.7 Å². The summed E-state index contributed by atoms with van der Waals surface area (Å²) < 4.78 is 27.1. The molecule has 7 nitrogen and oxygen atoms in total. The first-order valence-electron chi connectivity index (χ1n) is 13.3. The predicted molar refractivity (Wildman–Crippen MR) is 162 cm³/mol. The topological polar surface area (TPSA) is 86.8 Å². The van der Waals surface area contributed by atoms with Crippen molar-refractivity contribution in [1.29, 1.82) is 0 Å². The minimum atomic E-state index is -3.83. The van der Waals surface area contributed by atoms with Crippen molar-refractivity contribution in [3.63, 3.8) is 0 Å². The van der Waals surface area contributed by atoms with E-state index in [4.69, 9.17) is 11.6 Å². The molecular formula is C31H38ClN3O4S. The third-order valence-electron chi connectivity index (χ3n) is 6.51. The molecule has 0 fully saturated rings. The van der Waals surface area contributed by atoms with E-state index < -0.39 is 28.5 Å². The summed E-state index contributed by atoms with van der Waals surface area (Å²) in [6.45, 7) is 7.74. The average Bonchev–Trinajstić information content (AvgIpc) is 2.89. The van der Waals surface area contributed by atoms with E-state index in [0.29, 0.717) is 17.3 Å². The number of halogens is 1. The van der Waals surface area contributed by atoms with Crippen LogP contribution < -0.4 is 9.62 Å². The average molecular weight is 584 g/mol. The number of hydrogen-bond donors (Lipinski definition) is 1. The maximum absolute atomic E-state index is 14.1. The van der Waals surface area contributed by atoms with E-state index in [2.05, 4.69) is 5.32 Å². The van der Waals surface area contributed by atoms with Crippen LogP contribution in [0, 0.1) is 19.8 Å². The molecule has 0 saturated heterocycles. The van der Waals surface area contributed by atoms with Gasteiger partial charge in [-0.25, -0.2) is 8.42 Å². The molecule has 0 saturated carbocycles. The molecule has 1 atom stereocenters. The Morgan fingerprint density at radius 1 is 0.925 bits per heavy atom. The highest BCUT2D eigenvalue weighted by Crippen LogP contribution is 2.25. The second-order valence-electron chi connectivity index (χ2n) is 10.6. The van der Waals surface area contributed by atoms with E-state index in [-0.39, 0.29) is 24.8 Å². The molecule has 1 unspecified atom stereocenters. The van der Waals surface area contributed by atoms with Crippen LogP contribution >= 0.6 is 11.6 Å². The molecule has 0 aliphatic carbocycles. The lowest BCUT2D eigenvalue weighted by Crippen LogP contribution is -2.53. The van der Waals surface area contributed by atoms with Crippen LogP contribution in [0.5, 0.6) is 0 Å². The fraction of sp³-hybridized carbons (Fsp3) is 0.355. The van der Waals surface area contributed by atoms with Gasteiger partial charge in [0.2, 0.25) is 21.8 Å².